The van der Waals surface area contributed by atoms with Crippen molar-refractivity contribution in [2.24, 2.45) is 11.1 Å². The van der Waals surface area contributed by atoms with Gasteiger partial charge in [0.15, 0.2) is 0 Å². The minimum Gasteiger partial charge on any atom is -0.411 e. The Morgan fingerprint density at radius 2 is 2.30 bits per heavy atom. The van der Waals surface area contributed by atoms with E-state index in [1.54, 1.807) is 0 Å². The summed E-state index contributed by atoms with van der Waals surface area (Å²) >= 11 is 0. The molecule has 58 valence electrons. The Morgan fingerprint density at radius 3 is 2.70 bits per heavy atom. The molecule has 1 N–H and O–H groups in total. The first kappa shape index (κ1) is 7.54. The van der Waals surface area contributed by atoms with Crippen molar-refractivity contribution < 1.29 is 9.94 Å². The van der Waals surface area contributed by atoms with E-state index in [1.165, 1.54) is 0 Å². The van der Waals surface area contributed by atoms with Gasteiger partial charge in [-0.3, -0.25) is 0 Å². The largest absolute Gasteiger partial charge is 0.411 e. The van der Waals surface area contributed by atoms with E-state index >= 15 is 0 Å². The molecule has 1 aliphatic heterocycles. The molecule has 0 radical (unpaired) electrons. The quantitative estimate of drug-likeness (QED) is 0.409. The molecule has 0 aromatic carbocycles. The molecule has 0 aromatic rings. The highest BCUT2D eigenvalue weighted by Gasteiger charge is 2.23. The van der Waals surface area contributed by atoms with E-state index in [2.05, 4.69) is 5.16 Å². The first-order chi connectivity index (χ1) is 4.75. The number of rotatable bonds is 0. The van der Waals surface area contributed by atoms with E-state index in [-0.39, 0.29) is 6.10 Å². The molecule has 1 fully saturated rings. The Bertz CT molecular complexity index is 133. The third kappa shape index (κ3) is 1.29. The van der Waals surface area contributed by atoms with E-state index in [1.807, 2.05) is 13.8 Å². The molecule has 0 aromatic heterocycles. The molecule has 2 atom stereocenters. The summed E-state index contributed by atoms with van der Waals surface area (Å²) in [7, 11) is 0. The first-order valence-corrected chi connectivity index (χ1v) is 3.59. The van der Waals surface area contributed by atoms with Gasteiger partial charge in [-0.1, -0.05) is 12.1 Å². The van der Waals surface area contributed by atoms with Gasteiger partial charge in [0.2, 0.25) is 0 Å². The second-order valence-corrected chi connectivity index (χ2v) is 2.73. The van der Waals surface area contributed by atoms with Crippen LogP contribution in [0.3, 0.4) is 0 Å². The molecule has 1 aliphatic rings. The highest BCUT2D eigenvalue weighted by Crippen LogP contribution is 2.16. The molecule has 0 bridgehead atoms. The lowest BCUT2D eigenvalue weighted by molar-refractivity contribution is 0.0772. The van der Waals surface area contributed by atoms with Crippen molar-refractivity contribution >= 4 is 5.71 Å². The van der Waals surface area contributed by atoms with Gasteiger partial charge in [-0.25, -0.2) is 0 Å². The van der Waals surface area contributed by atoms with E-state index in [9.17, 15) is 0 Å². The number of hydrogen-bond donors (Lipinski definition) is 1. The average Bonchev–Trinajstić information content (AvgIpc) is 1.88. The monoisotopic (exact) mass is 143 g/mol. The second-order valence-electron chi connectivity index (χ2n) is 2.73. The van der Waals surface area contributed by atoms with E-state index in [0.29, 0.717) is 5.92 Å². The van der Waals surface area contributed by atoms with Crippen LogP contribution in [-0.4, -0.2) is 23.6 Å². The SMILES string of the molecule is C[C@@H]1OCC[C@H](C)/C1=N/O. The van der Waals surface area contributed by atoms with Crippen molar-refractivity contribution in [2.75, 3.05) is 6.61 Å². The summed E-state index contributed by atoms with van der Waals surface area (Å²) in [4.78, 5) is 0. The van der Waals surface area contributed by atoms with Crippen LogP contribution in [0.2, 0.25) is 0 Å². The molecule has 3 nitrogen and oxygen atoms in total. The minimum absolute atomic E-state index is 0.00579. The predicted octanol–water partition coefficient (Wildman–Crippen LogP) is 1.26. The number of nitrogens with zero attached hydrogens (tertiary/aromatic N) is 1. The normalized spacial score (nSPS) is 38.4. The molecule has 0 amide bonds. The van der Waals surface area contributed by atoms with Crippen molar-refractivity contribution in [2.45, 2.75) is 26.4 Å². The number of hydrogen-bond acceptors (Lipinski definition) is 3. The Labute approximate surface area is 60.7 Å². The van der Waals surface area contributed by atoms with Gasteiger partial charge in [-0.05, 0) is 13.3 Å². The lowest BCUT2D eigenvalue weighted by atomic mass is 9.96. The summed E-state index contributed by atoms with van der Waals surface area (Å²) < 4.78 is 5.26. The van der Waals surface area contributed by atoms with Gasteiger partial charge in [-0.2, -0.15) is 0 Å². The van der Waals surface area contributed by atoms with Crippen LogP contribution < -0.4 is 0 Å². The molecule has 0 aliphatic carbocycles. The third-order valence-electron chi connectivity index (χ3n) is 1.96. The van der Waals surface area contributed by atoms with Crippen molar-refractivity contribution in [3.8, 4) is 0 Å². The lowest BCUT2D eigenvalue weighted by Gasteiger charge is -2.25. The van der Waals surface area contributed by atoms with Gasteiger partial charge >= 0.3 is 0 Å². The average molecular weight is 143 g/mol. The molecule has 1 rings (SSSR count). The Hall–Kier alpha value is -0.570. The molecule has 10 heavy (non-hydrogen) atoms. The molecule has 0 spiro atoms. The van der Waals surface area contributed by atoms with Crippen LogP contribution >= 0.6 is 0 Å². The van der Waals surface area contributed by atoms with Crippen LogP contribution in [-0.2, 0) is 4.74 Å². The molecule has 1 saturated heterocycles. The van der Waals surface area contributed by atoms with Gasteiger partial charge in [-0.15, -0.1) is 0 Å². The van der Waals surface area contributed by atoms with Crippen molar-refractivity contribution in [1.82, 2.24) is 0 Å². The molecular weight excluding hydrogens is 130 g/mol. The van der Waals surface area contributed by atoms with Crippen LogP contribution in [0.15, 0.2) is 5.16 Å². The summed E-state index contributed by atoms with van der Waals surface area (Å²) in [5.41, 5.74) is 0.770. The standard InChI is InChI=1S/C7H13NO2/c1-5-3-4-10-6(2)7(5)8-9/h5-6,9H,3-4H2,1-2H3/b8-7-/t5-,6-/m0/s1. The van der Waals surface area contributed by atoms with Crippen LogP contribution in [0.5, 0.6) is 0 Å². The van der Waals surface area contributed by atoms with Gasteiger partial charge in [0.1, 0.15) is 0 Å². The maximum absolute atomic E-state index is 8.54. The zero-order valence-electron chi connectivity index (χ0n) is 6.37. The molecule has 1 heterocycles. The third-order valence-corrected chi connectivity index (χ3v) is 1.96. The predicted molar refractivity (Wildman–Crippen MR) is 38.4 cm³/mol. The number of ether oxygens (including phenoxy) is 1. The van der Waals surface area contributed by atoms with Crippen molar-refractivity contribution in [3.63, 3.8) is 0 Å². The molecule has 0 saturated carbocycles. The summed E-state index contributed by atoms with van der Waals surface area (Å²) in [6.07, 6.45) is 0.956. The van der Waals surface area contributed by atoms with Crippen molar-refractivity contribution in [1.29, 1.82) is 0 Å². The van der Waals surface area contributed by atoms with E-state index < -0.39 is 0 Å². The Kier molecular flexibility index (Phi) is 2.27. The van der Waals surface area contributed by atoms with E-state index in [0.717, 1.165) is 18.7 Å². The highest BCUT2D eigenvalue weighted by atomic mass is 16.5. The lowest BCUT2D eigenvalue weighted by Crippen LogP contribution is -2.33. The van der Waals surface area contributed by atoms with Gasteiger partial charge in [0.25, 0.3) is 0 Å². The second kappa shape index (κ2) is 3.01. The Morgan fingerprint density at radius 1 is 1.60 bits per heavy atom. The van der Waals surface area contributed by atoms with Gasteiger partial charge < -0.3 is 9.94 Å². The fourth-order valence-electron chi connectivity index (χ4n) is 1.24. The van der Waals surface area contributed by atoms with Gasteiger partial charge in [0, 0.05) is 12.5 Å². The zero-order chi connectivity index (χ0) is 7.56. The van der Waals surface area contributed by atoms with Crippen LogP contribution in [0, 0.1) is 5.92 Å². The van der Waals surface area contributed by atoms with Crippen LogP contribution in [0.1, 0.15) is 20.3 Å². The molecule has 0 unspecified atom stereocenters. The summed E-state index contributed by atoms with van der Waals surface area (Å²) in [6.45, 7) is 4.74. The Balaban J connectivity index is 2.63. The summed E-state index contributed by atoms with van der Waals surface area (Å²) in [5.74, 6) is 0.369. The fraction of sp³-hybridized carbons (Fsp3) is 0.857. The van der Waals surface area contributed by atoms with Crippen molar-refractivity contribution in [3.05, 3.63) is 0 Å². The minimum atomic E-state index is -0.00579. The fourth-order valence-corrected chi connectivity index (χ4v) is 1.24. The molecule has 3 heteroatoms. The number of oxime groups is 1. The summed E-state index contributed by atoms with van der Waals surface area (Å²) in [6, 6.07) is 0. The maximum atomic E-state index is 8.54. The van der Waals surface area contributed by atoms with Crippen LogP contribution in [0.25, 0.3) is 0 Å². The summed E-state index contributed by atoms with van der Waals surface area (Å²) in [5, 5.41) is 11.7. The highest BCUT2D eigenvalue weighted by molar-refractivity contribution is 5.90. The topological polar surface area (TPSA) is 41.8 Å². The zero-order valence-corrected chi connectivity index (χ0v) is 6.37. The smallest absolute Gasteiger partial charge is 0.0963 e. The van der Waals surface area contributed by atoms with Crippen LogP contribution in [0.4, 0.5) is 0 Å². The van der Waals surface area contributed by atoms with E-state index in [4.69, 9.17) is 9.94 Å². The first-order valence-electron chi connectivity index (χ1n) is 3.59. The maximum Gasteiger partial charge on any atom is 0.0963 e. The molecular formula is C7H13NO2. The van der Waals surface area contributed by atoms with Gasteiger partial charge in [0.05, 0.1) is 11.8 Å².